The predicted octanol–water partition coefficient (Wildman–Crippen LogP) is 3.31. The van der Waals surface area contributed by atoms with Gasteiger partial charge in [-0.2, -0.15) is 5.10 Å². The molecule has 2 aromatic rings. The zero-order chi connectivity index (χ0) is 15.1. The largest absolute Gasteiger partial charge is 0.369 e. The normalized spacial score (nSPS) is 21.6. The molecule has 0 aliphatic carbocycles. The van der Waals surface area contributed by atoms with Crippen LogP contribution in [0.3, 0.4) is 0 Å². The Morgan fingerprint density at radius 2 is 2.18 bits per heavy atom. The van der Waals surface area contributed by atoms with Crippen molar-refractivity contribution in [3.05, 3.63) is 41.1 Å². The Bertz CT molecular complexity index is 688. The third-order valence-corrected chi connectivity index (χ3v) is 5.01. The van der Waals surface area contributed by atoms with E-state index in [2.05, 4.69) is 53.1 Å². The lowest BCUT2D eigenvalue weighted by Crippen LogP contribution is -2.30. The SMILES string of the molecule is Cc1cccc(-n2nc(C3CCCCN3C)c3c2NCC3)c1. The standard InChI is InChI=1S/C18H24N4/c1-13-6-5-7-14(12-13)22-18-15(9-10-19-18)17(20-22)16-8-3-4-11-21(16)2/h5-7,12,16,19H,3-4,8-11H2,1-2H3. The Morgan fingerprint density at radius 1 is 1.27 bits per heavy atom. The topological polar surface area (TPSA) is 33.1 Å². The molecule has 0 amide bonds. The van der Waals surface area contributed by atoms with Gasteiger partial charge in [-0.05, 0) is 57.5 Å². The van der Waals surface area contributed by atoms with Gasteiger partial charge in [0.25, 0.3) is 0 Å². The Balaban J connectivity index is 1.80. The van der Waals surface area contributed by atoms with Gasteiger partial charge in [0, 0.05) is 12.1 Å². The molecule has 0 spiro atoms. The first-order chi connectivity index (χ1) is 10.7. The fourth-order valence-electron chi connectivity index (χ4n) is 3.84. The maximum absolute atomic E-state index is 5.03. The molecular formula is C18H24N4. The molecular weight excluding hydrogens is 272 g/mol. The second-order valence-corrected chi connectivity index (χ2v) is 6.63. The molecule has 4 nitrogen and oxygen atoms in total. The fraction of sp³-hybridized carbons (Fsp3) is 0.500. The number of rotatable bonds is 2. The molecule has 116 valence electrons. The van der Waals surface area contributed by atoms with Crippen LogP contribution in [0.25, 0.3) is 5.69 Å². The van der Waals surface area contributed by atoms with Crippen molar-refractivity contribution >= 4 is 5.82 Å². The highest BCUT2D eigenvalue weighted by atomic mass is 15.4. The molecule has 0 saturated carbocycles. The van der Waals surface area contributed by atoms with Gasteiger partial charge in [-0.1, -0.05) is 18.6 Å². The number of nitrogens with zero attached hydrogens (tertiary/aromatic N) is 3. The smallest absolute Gasteiger partial charge is 0.133 e. The van der Waals surface area contributed by atoms with E-state index >= 15 is 0 Å². The Morgan fingerprint density at radius 3 is 3.00 bits per heavy atom. The number of fused-ring (bicyclic) bond motifs is 1. The van der Waals surface area contributed by atoms with E-state index in [1.165, 1.54) is 48.4 Å². The number of likely N-dealkylation sites (tertiary alicyclic amines) is 1. The highest BCUT2D eigenvalue weighted by Crippen LogP contribution is 2.37. The summed E-state index contributed by atoms with van der Waals surface area (Å²) in [6, 6.07) is 9.08. The van der Waals surface area contributed by atoms with Gasteiger partial charge in [-0.25, -0.2) is 4.68 Å². The molecule has 1 unspecified atom stereocenters. The monoisotopic (exact) mass is 296 g/mol. The van der Waals surface area contributed by atoms with Crippen LogP contribution in [0, 0.1) is 6.92 Å². The molecule has 2 aliphatic rings. The van der Waals surface area contributed by atoms with Gasteiger partial charge >= 0.3 is 0 Å². The van der Waals surface area contributed by atoms with Crippen molar-refractivity contribution in [2.75, 3.05) is 25.5 Å². The van der Waals surface area contributed by atoms with Crippen molar-refractivity contribution in [2.24, 2.45) is 0 Å². The molecule has 1 atom stereocenters. The van der Waals surface area contributed by atoms with Gasteiger partial charge in [0.15, 0.2) is 0 Å². The molecule has 1 aromatic carbocycles. The van der Waals surface area contributed by atoms with Crippen LogP contribution in [0.4, 0.5) is 5.82 Å². The zero-order valence-corrected chi connectivity index (χ0v) is 13.5. The third kappa shape index (κ3) is 2.22. The average molecular weight is 296 g/mol. The number of nitrogens with one attached hydrogen (secondary N) is 1. The van der Waals surface area contributed by atoms with Crippen molar-refractivity contribution in [3.8, 4) is 5.69 Å². The van der Waals surface area contributed by atoms with Crippen LogP contribution in [-0.4, -0.2) is 34.8 Å². The molecule has 4 rings (SSSR count). The molecule has 22 heavy (non-hydrogen) atoms. The number of aryl methyl sites for hydroxylation is 1. The first-order valence-electron chi connectivity index (χ1n) is 8.37. The maximum atomic E-state index is 5.03. The lowest BCUT2D eigenvalue weighted by Gasteiger charge is -2.31. The maximum Gasteiger partial charge on any atom is 0.133 e. The summed E-state index contributed by atoms with van der Waals surface area (Å²) >= 11 is 0. The van der Waals surface area contributed by atoms with E-state index in [9.17, 15) is 0 Å². The molecule has 1 fully saturated rings. The summed E-state index contributed by atoms with van der Waals surface area (Å²) in [6.07, 6.45) is 4.95. The zero-order valence-electron chi connectivity index (χ0n) is 13.5. The summed E-state index contributed by atoms with van der Waals surface area (Å²) in [6.45, 7) is 4.35. The van der Waals surface area contributed by atoms with E-state index in [-0.39, 0.29) is 0 Å². The van der Waals surface area contributed by atoms with E-state index in [4.69, 9.17) is 5.10 Å². The second kappa shape index (κ2) is 5.43. The minimum absolute atomic E-state index is 0.480. The van der Waals surface area contributed by atoms with Crippen molar-refractivity contribution in [3.63, 3.8) is 0 Å². The number of hydrogen-bond donors (Lipinski definition) is 1. The summed E-state index contributed by atoms with van der Waals surface area (Å²) in [4.78, 5) is 2.48. The van der Waals surface area contributed by atoms with Gasteiger partial charge in [-0.15, -0.1) is 0 Å². The third-order valence-electron chi connectivity index (χ3n) is 5.01. The van der Waals surface area contributed by atoms with Gasteiger partial charge < -0.3 is 5.32 Å². The quantitative estimate of drug-likeness (QED) is 0.923. The Hall–Kier alpha value is -1.81. The van der Waals surface area contributed by atoms with E-state index in [0.717, 1.165) is 18.7 Å². The number of piperidine rings is 1. The van der Waals surface area contributed by atoms with Gasteiger partial charge in [0.1, 0.15) is 5.82 Å². The Kier molecular flexibility index (Phi) is 3.41. The summed E-state index contributed by atoms with van der Waals surface area (Å²) in [7, 11) is 2.24. The summed E-state index contributed by atoms with van der Waals surface area (Å²) < 4.78 is 2.12. The number of benzene rings is 1. The van der Waals surface area contributed by atoms with Crippen LogP contribution in [0.5, 0.6) is 0 Å². The molecule has 2 aliphatic heterocycles. The number of aromatic nitrogens is 2. The fourth-order valence-corrected chi connectivity index (χ4v) is 3.84. The average Bonchev–Trinajstić information content (AvgIpc) is 3.10. The lowest BCUT2D eigenvalue weighted by molar-refractivity contribution is 0.182. The molecule has 1 saturated heterocycles. The summed E-state index contributed by atoms with van der Waals surface area (Å²) in [5.74, 6) is 1.21. The van der Waals surface area contributed by atoms with E-state index in [1.807, 2.05) is 0 Å². The number of hydrogen-bond acceptors (Lipinski definition) is 3. The molecule has 0 radical (unpaired) electrons. The molecule has 0 bridgehead atoms. The highest BCUT2D eigenvalue weighted by molar-refractivity contribution is 5.58. The van der Waals surface area contributed by atoms with Crippen LogP contribution in [-0.2, 0) is 6.42 Å². The van der Waals surface area contributed by atoms with Gasteiger partial charge in [-0.3, -0.25) is 4.90 Å². The van der Waals surface area contributed by atoms with Crippen molar-refractivity contribution in [2.45, 2.75) is 38.6 Å². The first-order valence-corrected chi connectivity index (χ1v) is 8.37. The van der Waals surface area contributed by atoms with Gasteiger partial charge in [0.2, 0.25) is 0 Å². The van der Waals surface area contributed by atoms with Crippen LogP contribution < -0.4 is 5.32 Å². The van der Waals surface area contributed by atoms with Crippen molar-refractivity contribution in [1.82, 2.24) is 14.7 Å². The van der Waals surface area contributed by atoms with E-state index < -0.39 is 0 Å². The lowest BCUT2D eigenvalue weighted by atomic mass is 9.97. The molecule has 3 heterocycles. The minimum atomic E-state index is 0.480. The molecule has 4 heteroatoms. The first kappa shape index (κ1) is 13.8. The van der Waals surface area contributed by atoms with Crippen LogP contribution in [0.1, 0.15) is 42.1 Å². The summed E-state index contributed by atoms with van der Waals surface area (Å²) in [5.41, 5.74) is 5.16. The van der Waals surface area contributed by atoms with Gasteiger partial charge in [0.05, 0.1) is 17.4 Å². The molecule has 1 aromatic heterocycles. The summed E-state index contributed by atoms with van der Waals surface area (Å²) in [5, 5.41) is 8.57. The Labute approximate surface area is 132 Å². The second-order valence-electron chi connectivity index (χ2n) is 6.63. The van der Waals surface area contributed by atoms with E-state index in [0.29, 0.717) is 6.04 Å². The van der Waals surface area contributed by atoms with Crippen LogP contribution >= 0.6 is 0 Å². The van der Waals surface area contributed by atoms with Crippen LogP contribution in [0.2, 0.25) is 0 Å². The van der Waals surface area contributed by atoms with Crippen molar-refractivity contribution < 1.29 is 0 Å². The van der Waals surface area contributed by atoms with Crippen LogP contribution in [0.15, 0.2) is 24.3 Å². The predicted molar refractivity (Wildman–Crippen MR) is 89.7 cm³/mol. The van der Waals surface area contributed by atoms with E-state index in [1.54, 1.807) is 0 Å². The number of anilines is 1. The van der Waals surface area contributed by atoms with Crippen molar-refractivity contribution in [1.29, 1.82) is 0 Å². The molecule has 1 N–H and O–H groups in total. The minimum Gasteiger partial charge on any atom is -0.369 e. The highest BCUT2D eigenvalue weighted by Gasteiger charge is 2.31.